The van der Waals surface area contributed by atoms with Gasteiger partial charge in [-0.2, -0.15) is 0 Å². The van der Waals surface area contributed by atoms with Crippen molar-refractivity contribution in [1.82, 2.24) is 0 Å². The van der Waals surface area contributed by atoms with Gasteiger partial charge in [0.25, 0.3) is 0 Å². The van der Waals surface area contributed by atoms with Gasteiger partial charge in [0.1, 0.15) is 0 Å². The molecule has 19 heavy (non-hydrogen) atoms. The monoisotopic (exact) mass is 265 g/mol. The predicted molar refractivity (Wildman–Crippen MR) is 75.7 cm³/mol. The zero-order valence-electron chi connectivity index (χ0n) is 11.9. The maximum absolute atomic E-state index is 14.0. The smallest absolute Gasteiger partial charge is 0.165 e. The Morgan fingerprint density at radius 1 is 1.42 bits per heavy atom. The molecule has 0 aromatic heterocycles. The Morgan fingerprint density at radius 2 is 2.21 bits per heavy atom. The van der Waals surface area contributed by atoms with Crippen molar-refractivity contribution >= 4 is 0 Å². The summed E-state index contributed by atoms with van der Waals surface area (Å²) in [5, 5.41) is 0. The molecule has 1 fully saturated rings. The number of halogens is 1. The number of benzene rings is 1. The molecule has 2 N–H and O–H groups in total. The fourth-order valence-electron chi connectivity index (χ4n) is 2.89. The van der Waals surface area contributed by atoms with E-state index in [1.807, 2.05) is 13.0 Å². The Hall–Kier alpha value is -1.09. The van der Waals surface area contributed by atoms with Crippen LogP contribution in [0.25, 0.3) is 0 Å². The molecule has 1 aliphatic rings. The van der Waals surface area contributed by atoms with Gasteiger partial charge in [0.15, 0.2) is 11.6 Å². The molecule has 1 saturated carbocycles. The first kappa shape index (κ1) is 14.3. The number of rotatable bonds is 4. The SMILES string of the molecule is CCC1CCCC(Oc2c(F)cccc2[C@H](C)N)C1. The molecule has 106 valence electrons. The second-order valence-electron chi connectivity index (χ2n) is 5.63. The van der Waals surface area contributed by atoms with Crippen molar-refractivity contribution in [2.45, 2.75) is 58.1 Å². The quantitative estimate of drug-likeness (QED) is 0.885. The fraction of sp³-hybridized carbons (Fsp3) is 0.625. The van der Waals surface area contributed by atoms with Crippen molar-refractivity contribution in [2.24, 2.45) is 11.7 Å². The van der Waals surface area contributed by atoms with Crippen LogP contribution >= 0.6 is 0 Å². The van der Waals surface area contributed by atoms with Crippen LogP contribution in [0.4, 0.5) is 4.39 Å². The van der Waals surface area contributed by atoms with Gasteiger partial charge in [-0.05, 0) is 38.2 Å². The minimum atomic E-state index is -0.298. The van der Waals surface area contributed by atoms with E-state index in [1.165, 1.54) is 25.3 Å². The average Bonchev–Trinajstić information content (AvgIpc) is 2.41. The van der Waals surface area contributed by atoms with Crippen LogP contribution in [0.1, 0.15) is 57.6 Å². The first-order chi connectivity index (χ1) is 9.11. The van der Waals surface area contributed by atoms with E-state index in [-0.39, 0.29) is 18.0 Å². The van der Waals surface area contributed by atoms with Crippen LogP contribution in [0.15, 0.2) is 18.2 Å². The molecule has 0 bridgehead atoms. The van der Waals surface area contributed by atoms with Gasteiger partial charge in [0.05, 0.1) is 6.10 Å². The highest BCUT2D eigenvalue weighted by Gasteiger charge is 2.24. The molecule has 0 spiro atoms. The second kappa shape index (κ2) is 6.38. The largest absolute Gasteiger partial charge is 0.487 e. The highest BCUT2D eigenvalue weighted by Crippen LogP contribution is 2.33. The maximum Gasteiger partial charge on any atom is 0.165 e. The van der Waals surface area contributed by atoms with Gasteiger partial charge in [0.2, 0.25) is 0 Å². The maximum atomic E-state index is 14.0. The lowest BCUT2D eigenvalue weighted by atomic mass is 9.85. The molecule has 1 aliphatic carbocycles. The lowest BCUT2D eigenvalue weighted by Gasteiger charge is -2.30. The van der Waals surface area contributed by atoms with E-state index in [1.54, 1.807) is 6.07 Å². The summed E-state index contributed by atoms with van der Waals surface area (Å²) in [4.78, 5) is 0. The van der Waals surface area contributed by atoms with Crippen molar-refractivity contribution < 1.29 is 9.13 Å². The summed E-state index contributed by atoms with van der Waals surface area (Å²) >= 11 is 0. The third kappa shape index (κ3) is 3.47. The number of nitrogens with two attached hydrogens (primary N) is 1. The first-order valence-corrected chi connectivity index (χ1v) is 7.32. The number of hydrogen-bond donors (Lipinski definition) is 1. The zero-order chi connectivity index (χ0) is 13.8. The zero-order valence-corrected chi connectivity index (χ0v) is 11.9. The fourth-order valence-corrected chi connectivity index (χ4v) is 2.89. The highest BCUT2D eigenvalue weighted by molar-refractivity contribution is 5.37. The van der Waals surface area contributed by atoms with E-state index in [0.29, 0.717) is 11.7 Å². The Labute approximate surface area is 115 Å². The number of ether oxygens (including phenoxy) is 1. The van der Waals surface area contributed by atoms with E-state index in [9.17, 15) is 4.39 Å². The van der Waals surface area contributed by atoms with Crippen LogP contribution in [0, 0.1) is 11.7 Å². The summed E-state index contributed by atoms with van der Waals surface area (Å²) < 4.78 is 19.9. The Balaban J connectivity index is 2.14. The van der Waals surface area contributed by atoms with Crippen molar-refractivity contribution in [3.8, 4) is 5.75 Å². The minimum Gasteiger partial charge on any atom is -0.487 e. The third-order valence-corrected chi connectivity index (χ3v) is 4.08. The van der Waals surface area contributed by atoms with Crippen LogP contribution in [0.2, 0.25) is 0 Å². The summed E-state index contributed by atoms with van der Waals surface area (Å²) in [6, 6.07) is 4.78. The van der Waals surface area contributed by atoms with Crippen LogP contribution in [-0.4, -0.2) is 6.10 Å². The van der Waals surface area contributed by atoms with E-state index in [0.717, 1.165) is 18.4 Å². The molecule has 0 radical (unpaired) electrons. The minimum absolute atomic E-state index is 0.132. The van der Waals surface area contributed by atoms with Crippen molar-refractivity contribution in [2.75, 3.05) is 0 Å². The van der Waals surface area contributed by atoms with E-state index in [2.05, 4.69) is 6.92 Å². The van der Waals surface area contributed by atoms with Crippen molar-refractivity contribution in [3.63, 3.8) is 0 Å². The Bertz CT molecular complexity index is 419. The van der Waals surface area contributed by atoms with Gasteiger partial charge in [-0.15, -0.1) is 0 Å². The lowest BCUT2D eigenvalue weighted by molar-refractivity contribution is 0.116. The van der Waals surface area contributed by atoms with Gasteiger partial charge in [-0.3, -0.25) is 0 Å². The van der Waals surface area contributed by atoms with Gasteiger partial charge < -0.3 is 10.5 Å². The normalized spacial score (nSPS) is 25.1. The van der Waals surface area contributed by atoms with Crippen LogP contribution < -0.4 is 10.5 Å². The van der Waals surface area contributed by atoms with Crippen LogP contribution in [-0.2, 0) is 0 Å². The molecule has 0 saturated heterocycles. The predicted octanol–water partition coefficient (Wildman–Crippen LogP) is 4.19. The molecular formula is C16H24FNO. The standard InChI is InChI=1S/C16H24FNO/c1-3-12-6-4-7-13(10-12)19-16-14(11(2)18)8-5-9-15(16)17/h5,8-9,11-13H,3-4,6-7,10,18H2,1-2H3/t11-,12?,13?/m0/s1. The molecule has 0 aliphatic heterocycles. The molecule has 2 nitrogen and oxygen atoms in total. The second-order valence-corrected chi connectivity index (χ2v) is 5.63. The van der Waals surface area contributed by atoms with Crippen molar-refractivity contribution in [1.29, 1.82) is 0 Å². The summed E-state index contributed by atoms with van der Waals surface area (Å²) in [6.45, 7) is 4.07. The number of hydrogen-bond acceptors (Lipinski definition) is 2. The third-order valence-electron chi connectivity index (χ3n) is 4.08. The molecule has 1 aromatic rings. The molecule has 3 heteroatoms. The average molecular weight is 265 g/mol. The highest BCUT2D eigenvalue weighted by atomic mass is 19.1. The molecule has 2 unspecified atom stereocenters. The molecule has 0 heterocycles. The Kier molecular flexibility index (Phi) is 4.81. The van der Waals surface area contributed by atoms with Gasteiger partial charge >= 0.3 is 0 Å². The molecule has 2 rings (SSSR count). The summed E-state index contributed by atoms with van der Waals surface area (Å²) in [5.74, 6) is 0.775. The molecule has 3 atom stereocenters. The topological polar surface area (TPSA) is 35.2 Å². The molecule has 0 amide bonds. The summed E-state index contributed by atoms with van der Waals surface area (Å²) in [5.41, 5.74) is 6.66. The summed E-state index contributed by atoms with van der Waals surface area (Å²) in [6.07, 6.45) is 5.80. The van der Waals surface area contributed by atoms with E-state index < -0.39 is 0 Å². The molecule has 1 aromatic carbocycles. The van der Waals surface area contributed by atoms with Crippen molar-refractivity contribution in [3.05, 3.63) is 29.6 Å². The Morgan fingerprint density at radius 3 is 2.89 bits per heavy atom. The molecular weight excluding hydrogens is 241 g/mol. The van der Waals surface area contributed by atoms with Gasteiger partial charge in [-0.1, -0.05) is 31.9 Å². The van der Waals surface area contributed by atoms with Crippen LogP contribution in [0.5, 0.6) is 5.75 Å². The van der Waals surface area contributed by atoms with Gasteiger partial charge in [0, 0.05) is 11.6 Å². The van der Waals surface area contributed by atoms with Crippen LogP contribution in [0.3, 0.4) is 0 Å². The van der Waals surface area contributed by atoms with E-state index >= 15 is 0 Å². The summed E-state index contributed by atoms with van der Waals surface area (Å²) in [7, 11) is 0. The van der Waals surface area contributed by atoms with E-state index in [4.69, 9.17) is 10.5 Å². The van der Waals surface area contributed by atoms with Gasteiger partial charge in [-0.25, -0.2) is 4.39 Å². The first-order valence-electron chi connectivity index (χ1n) is 7.32. The lowest BCUT2D eigenvalue weighted by Crippen LogP contribution is -2.26. The number of para-hydroxylation sites is 1.